The number of H-pyrrole nitrogens is 1. The summed E-state index contributed by atoms with van der Waals surface area (Å²) in [5.74, 6) is 2.06. The van der Waals surface area contributed by atoms with Gasteiger partial charge in [0.05, 0.1) is 19.2 Å². The van der Waals surface area contributed by atoms with E-state index in [-0.39, 0.29) is 5.56 Å². The fourth-order valence-electron chi connectivity index (χ4n) is 3.28. The summed E-state index contributed by atoms with van der Waals surface area (Å²) in [5, 5.41) is 1.88. The molecule has 4 aromatic rings. The van der Waals surface area contributed by atoms with Gasteiger partial charge < -0.3 is 14.5 Å². The molecule has 4 rings (SSSR count). The zero-order chi connectivity index (χ0) is 20.9. The Balaban J connectivity index is 1.42. The molecule has 2 aromatic heterocycles. The van der Waals surface area contributed by atoms with Crippen molar-refractivity contribution in [3.05, 3.63) is 87.3 Å². The smallest absolute Gasteiger partial charge is 0.268 e. The number of rotatable bonds is 8. The second-order valence-corrected chi connectivity index (χ2v) is 8.00. The van der Waals surface area contributed by atoms with Gasteiger partial charge in [0.2, 0.25) is 0 Å². The highest BCUT2D eigenvalue weighted by Crippen LogP contribution is 2.29. The van der Waals surface area contributed by atoms with E-state index in [9.17, 15) is 4.79 Å². The summed E-state index contributed by atoms with van der Waals surface area (Å²) in [6.07, 6.45) is 0. The zero-order valence-corrected chi connectivity index (χ0v) is 17.7. The van der Waals surface area contributed by atoms with Crippen LogP contribution in [0.3, 0.4) is 0 Å². The first kappa shape index (κ1) is 20.1. The number of benzene rings is 2. The molecule has 0 radical (unpaired) electrons. The summed E-state index contributed by atoms with van der Waals surface area (Å²) in [5.41, 5.74) is 2.85. The van der Waals surface area contributed by atoms with E-state index in [1.54, 1.807) is 7.11 Å². The van der Waals surface area contributed by atoms with Crippen LogP contribution >= 0.6 is 11.3 Å². The summed E-state index contributed by atoms with van der Waals surface area (Å²) in [6, 6.07) is 17.8. The van der Waals surface area contributed by atoms with Gasteiger partial charge in [-0.05, 0) is 41.8 Å². The summed E-state index contributed by atoms with van der Waals surface area (Å²) in [7, 11) is 3.63. The predicted molar refractivity (Wildman–Crippen MR) is 119 cm³/mol. The maximum absolute atomic E-state index is 12.2. The number of ether oxygens (including phenoxy) is 2. The molecule has 0 spiro atoms. The number of methoxy groups -OCH3 is 1. The Bertz CT molecular complexity index is 1190. The number of aromatic amines is 1. The van der Waals surface area contributed by atoms with Crippen LogP contribution in [0.2, 0.25) is 0 Å². The summed E-state index contributed by atoms with van der Waals surface area (Å²) >= 11 is 1.41. The minimum absolute atomic E-state index is 0.0833. The first-order chi connectivity index (χ1) is 14.6. The van der Waals surface area contributed by atoms with Crippen molar-refractivity contribution in [3.63, 3.8) is 0 Å². The highest BCUT2D eigenvalue weighted by atomic mass is 32.1. The zero-order valence-electron chi connectivity index (χ0n) is 16.9. The average molecular weight is 422 g/mol. The van der Waals surface area contributed by atoms with Crippen LogP contribution in [0, 0.1) is 0 Å². The van der Waals surface area contributed by atoms with E-state index in [0.29, 0.717) is 41.7 Å². The normalized spacial score (nSPS) is 11.2. The van der Waals surface area contributed by atoms with Crippen LogP contribution in [-0.4, -0.2) is 29.0 Å². The maximum Gasteiger partial charge on any atom is 0.268 e. The Kier molecular flexibility index (Phi) is 6.11. The van der Waals surface area contributed by atoms with Gasteiger partial charge in [0.25, 0.3) is 5.56 Å². The molecule has 0 atom stereocenters. The summed E-state index contributed by atoms with van der Waals surface area (Å²) in [4.78, 5) is 21.7. The molecule has 0 aliphatic rings. The highest BCUT2D eigenvalue weighted by Gasteiger charge is 2.11. The Morgan fingerprint density at radius 1 is 1.03 bits per heavy atom. The number of hydrogen-bond donors (Lipinski definition) is 1. The van der Waals surface area contributed by atoms with Gasteiger partial charge >= 0.3 is 0 Å². The van der Waals surface area contributed by atoms with Gasteiger partial charge in [0, 0.05) is 6.54 Å². The third-order valence-electron chi connectivity index (χ3n) is 4.70. The number of nitrogens with zero attached hydrogens (tertiary/aromatic N) is 2. The third-order valence-corrected chi connectivity index (χ3v) is 5.60. The van der Waals surface area contributed by atoms with Crippen LogP contribution in [0.5, 0.6) is 11.5 Å². The van der Waals surface area contributed by atoms with E-state index < -0.39 is 0 Å². The van der Waals surface area contributed by atoms with E-state index in [0.717, 1.165) is 16.6 Å². The first-order valence-electron chi connectivity index (χ1n) is 9.61. The minimum Gasteiger partial charge on any atom is -0.493 e. The molecule has 0 aliphatic heterocycles. The molecule has 6 nitrogen and oxygen atoms in total. The lowest BCUT2D eigenvalue weighted by atomic mass is 10.2. The van der Waals surface area contributed by atoms with Gasteiger partial charge in [-0.3, -0.25) is 9.69 Å². The molecule has 0 amide bonds. The quantitative estimate of drug-likeness (QED) is 0.462. The molecule has 1 N–H and O–H groups in total. The van der Waals surface area contributed by atoms with Crippen molar-refractivity contribution in [2.24, 2.45) is 0 Å². The molecule has 0 saturated heterocycles. The van der Waals surface area contributed by atoms with Crippen molar-refractivity contribution >= 4 is 21.6 Å². The Hall–Kier alpha value is -3.16. The largest absolute Gasteiger partial charge is 0.493 e. The Labute approximate surface area is 178 Å². The van der Waals surface area contributed by atoms with E-state index in [1.165, 1.54) is 11.3 Å². The van der Waals surface area contributed by atoms with Gasteiger partial charge in [-0.1, -0.05) is 36.4 Å². The molecule has 30 heavy (non-hydrogen) atoms. The fraction of sp³-hybridized carbons (Fsp3) is 0.217. The SMILES string of the molecule is COc1cc(CN(C)Cc2nc3ccsc3c(=O)[nH]2)ccc1OCc1ccccc1. The van der Waals surface area contributed by atoms with Crippen molar-refractivity contribution in [2.45, 2.75) is 19.7 Å². The van der Waals surface area contributed by atoms with Gasteiger partial charge in [0.1, 0.15) is 17.1 Å². The molecule has 7 heteroatoms. The van der Waals surface area contributed by atoms with Crippen LogP contribution in [0.4, 0.5) is 0 Å². The third kappa shape index (κ3) is 4.69. The molecule has 0 unspecified atom stereocenters. The van der Waals surface area contributed by atoms with Crippen molar-refractivity contribution in [2.75, 3.05) is 14.2 Å². The maximum atomic E-state index is 12.2. The number of nitrogens with one attached hydrogen (secondary N) is 1. The topological polar surface area (TPSA) is 67.5 Å². The van der Waals surface area contributed by atoms with Crippen LogP contribution in [0.25, 0.3) is 10.2 Å². The van der Waals surface area contributed by atoms with Crippen molar-refractivity contribution in [1.29, 1.82) is 0 Å². The van der Waals surface area contributed by atoms with Gasteiger partial charge in [-0.15, -0.1) is 11.3 Å². The number of hydrogen-bond acceptors (Lipinski definition) is 6. The highest BCUT2D eigenvalue weighted by molar-refractivity contribution is 7.17. The van der Waals surface area contributed by atoms with Gasteiger partial charge in [-0.2, -0.15) is 0 Å². The van der Waals surface area contributed by atoms with Gasteiger partial charge in [-0.25, -0.2) is 4.98 Å². The molecule has 154 valence electrons. The molecule has 0 bridgehead atoms. The molecule has 2 aromatic carbocycles. The van der Waals surface area contributed by atoms with Crippen LogP contribution in [-0.2, 0) is 19.7 Å². The average Bonchev–Trinajstić information content (AvgIpc) is 3.22. The van der Waals surface area contributed by atoms with Crippen LogP contribution < -0.4 is 15.0 Å². The van der Waals surface area contributed by atoms with E-state index >= 15 is 0 Å². The lowest BCUT2D eigenvalue weighted by Crippen LogP contribution is -2.21. The predicted octanol–water partition coefficient (Wildman–Crippen LogP) is 4.20. The van der Waals surface area contributed by atoms with Gasteiger partial charge in [0.15, 0.2) is 11.5 Å². The second kappa shape index (κ2) is 9.11. The van der Waals surface area contributed by atoms with Crippen LogP contribution in [0.1, 0.15) is 17.0 Å². The molecular formula is C23H23N3O3S. The second-order valence-electron chi connectivity index (χ2n) is 7.08. The van der Waals surface area contributed by atoms with Crippen molar-refractivity contribution < 1.29 is 9.47 Å². The van der Waals surface area contributed by atoms with Crippen LogP contribution in [0.15, 0.2) is 64.8 Å². The monoisotopic (exact) mass is 421 g/mol. The Morgan fingerprint density at radius 2 is 1.87 bits per heavy atom. The van der Waals surface area contributed by atoms with E-state index in [1.807, 2.05) is 67.0 Å². The molecule has 0 fully saturated rings. The summed E-state index contributed by atoms with van der Waals surface area (Å²) in [6.45, 7) is 1.71. The fourth-order valence-corrected chi connectivity index (χ4v) is 4.01. The number of aromatic nitrogens is 2. The number of thiophene rings is 1. The number of fused-ring (bicyclic) bond motifs is 1. The standard InChI is InChI=1S/C23H23N3O3S/c1-26(14-21-24-18-10-11-30-22(18)23(27)25-21)13-17-8-9-19(20(12-17)28-2)29-15-16-6-4-3-5-7-16/h3-12H,13-15H2,1-2H3,(H,24,25,27). The lowest BCUT2D eigenvalue weighted by molar-refractivity contribution is 0.282. The van der Waals surface area contributed by atoms with Crippen molar-refractivity contribution in [3.8, 4) is 11.5 Å². The van der Waals surface area contributed by atoms with E-state index in [4.69, 9.17) is 9.47 Å². The molecule has 0 saturated carbocycles. The first-order valence-corrected chi connectivity index (χ1v) is 10.5. The molecular weight excluding hydrogens is 398 g/mol. The lowest BCUT2D eigenvalue weighted by Gasteiger charge is -2.18. The molecule has 0 aliphatic carbocycles. The van der Waals surface area contributed by atoms with E-state index in [2.05, 4.69) is 14.9 Å². The van der Waals surface area contributed by atoms with Crippen molar-refractivity contribution in [1.82, 2.24) is 14.9 Å². The molecule has 2 heterocycles. The Morgan fingerprint density at radius 3 is 2.67 bits per heavy atom. The summed E-state index contributed by atoms with van der Waals surface area (Å²) < 4.78 is 12.1. The minimum atomic E-state index is -0.0833.